The summed E-state index contributed by atoms with van der Waals surface area (Å²) in [4.78, 5) is 18.4. The summed E-state index contributed by atoms with van der Waals surface area (Å²) in [5.74, 6) is -0.0745. The predicted octanol–water partition coefficient (Wildman–Crippen LogP) is 2.57. The van der Waals surface area contributed by atoms with E-state index in [-0.39, 0.29) is 12.0 Å². The van der Waals surface area contributed by atoms with Crippen molar-refractivity contribution in [3.63, 3.8) is 0 Å². The van der Waals surface area contributed by atoms with Gasteiger partial charge in [-0.3, -0.25) is 4.79 Å². The van der Waals surface area contributed by atoms with Crippen LogP contribution in [0.4, 0.5) is 0 Å². The fraction of sp³-hybridized carbons (Fsp3) is 0.312. The molecule has 3 aromatic rings. The van der Waals surface area contributed by atoms with Crippen LogP contribution in [0.25, 0.3) is 5.65 Å². The van der Waals surface area contributed by atoms with E-state index in [0.717, 1.165) is 35.5 Å². The molecule has 0 spiro atoms. The van der Waals surface area contributed by atoms with Gasteiger partial charge in [0.2, 0.25) is 0 Å². The Labute approximate surface area is 137 Å². The lowest BCUT2D eigenvalue weighted by molar-refractivity contribution is 0.0955. The van der Waals surface area contributed by atoms with Crippen LogP contribution >= 0.6 is 11.3 Å². The number of ether oxygens (including phenoxy) is 1. The first kappa shape index (κ1) is 14.3. The average molecular weight is 328 g/mol. The van der Waals surface area contributed by atoms with E-state index in [1.165, 1.54) is 11.3 Å². The molecule has 1 aliphatic rings. The van der Waals surface area contributed by atoms with E-state index in [0.29, 0.717) is 11.4 Å². The Bertz CT molecular complexity index is 835. The van der Waals surface area contributed by atoms with Crippen molar-refractivity contribution in [1.82, 2.24) is 19.9 Å². The fourth-order valence-corrected chi connectivity index (χ4v) is 3.72. The lowest BCUT2D eigenvalue weighted by Crippen LogP contribution is -2.21. The number of thiophene rings is 1. The number of nitrogens with zero attached hydrogens (tertiary/aromatic N) is 3. The molecule has 0 unspecified atom stereocenters. The zero-order valence-corrected chi connectivity index (χ0v) is 13.3. The van der Waals surface area contributed by atoms with Crippen LogP contribution in [-0.2, 0) is 11.3 Å². The molecule has 4 rings (SSSR count). The van der Waals surface area contributed by atoms with E-state index in [1.807, 2.05) is 24.4 Å². The van der Waals surface area contributed by atoms with Crippen molar-refractivity contribution in [2.24, 2.45) is 0 Å². The predicted molar refractivity (Wildman–Crippen MR) is 86.4 cm³/mol. The zero-order valence-electron chi connectivity index (χ0n) is 12.4. The summed E-state index contributed by atoms with van der Waals surface area (Å²) in [6.07, 6.45) is 7.57. The Morgan fingerprint density at radius 3 is 3.30 bits per heavy atom. The van der Waals surface area contributed by atoms with Crippen molar-refractivity contribution >= 4 is 22.9 Å². The Morgan fingerprint density at radius 2 is 2.43 bits per heavy atom. The van der Waals surface area contributed by atoms with Crippen LogP contribution < -0.4 is 5.32 Å². The lowest BCUT2D eigenvalue weighted by Gasteiger charge is -2.05. The number of carbonyl (C=O) groups excluding carboxylic acids is 1. The third kappa shape index (κ3) is 2.85. The molecular formula is C16H16N4O2S. The highest BCUT2D eigenvalue weighted by molar-refractivity contribution is 7.14. The molecule has 1 aliphatic heterocycles. The number of amides is 1. The Balaban J connectivity index is 1.43. The Hall–Kier alpha value is -2.25. The zero-order chi connectivity index (χ0) is 15.6. The molecule has 1 amide bonds. The second-order valence-corrected chi connectivity index (χ2v) is 6.56. The summed E-state index contributed by atoms with van der Waals surface area (Å²) >= 11 is 1.51. The average Bonchev–Trinajstić information content (AvgIpc) is 3.31. The molecule has 1 N–H and O–H groups in total. The van der Waals surface area contributed by atoms with E-state index in [1.54, 1.807) is 16.9 Å². The van der Waals surface area contributed by atoms with Gasteiger partial charge in [0.05, 0.1) is 17.2 Å². The second-order valence-electron chi connectivity index (χ2n) is 5.44. The maximum Gasteiger partial charge on any atom is 0.261 e. The van der Waals surface area contributed by atoms with Crippen molar-refractivity contribution in [2.75, 3.05) is 6.61 Å². The normalized spacial score (nSPS) is 17.7. The number of hydrogen-bond donors (Lipinski definition) is 1. The first-order chi connectivity index (χ1) is 11.3. The summed E-state index contributed by atoms with van der Waals surface area (Å²) in [5, 5.41) is 7.15. The van der Waals surface area contributed by atoms with Crippen molar-refractivity contribution in [3.8, 4) is 0 Å². The molecule has 1 saturated heterocycles. The quantitative estimate of drug-likeness (QED) is 0.799. The molecule has 0 bridgehead atoms. The number of carbonyl (C=O) groups is 1. The maximum absolute atomic E-state index is 12.3. The van der Waals surface area contributed by atoms with Crippen LogP contribution in [-0.4, -0.2) is 27.1 Å². The van der Waals surface area contributed by atoms with Crippen molar-refractivity contribution in [1.29, 1.82) is 0 Å². The largest absolute Gasteiger partial charge is 0.373 e. The molecule has 0 saturated carbocycles. The van der Waals surface area contributed by atoms with Gasteiger partial charge in [-0.2, -0.15) is 5.10 Å². The van der Waals surface area contributed by atoms with E-state index in [4.69, 9.17) is 4.74 Å². The fourth-order valence-electron chi connectivity index (χ4n) is 2.71. The minimum Gasteiger partial charge on any atom is -0.373 e. The molecule has 118 valence electrons. The molecule has 1 atom stereocenters. The third-order valence-corrected chi connectivity index (χ3v) is 5.07. The van der Waals surface area contributed by atoms with Gasteiger partial charge in [-0.1, -0.05) is 0 Å². The number of aromatic nitrogens is 3. The van der Waals surface area contributed by atoms with Crippen LogP contribution in [0.5, 0.6) is 0 Å². The van der Waals surface area contributed by atoms with E-state index in [9.17, 15) is 4.79 Å². The first-order valence-electron chi connectivity index (χ1n) is 7.58. The minimum atomic E-state index is -0.0745. The van der Waals surface area contributed by atoms with E-state index >= 15 is 0 Å². The van der Waals surface area contributed by atoms with Gasteiger partial charge in [-0.15, -0.1) is 11.3 Å². The molecule has 0 radical (unpaired) electrons. The van der Waals surface area contributed by atoms with Crippen LogP contribution in [0.2, 0.25) is 0 Å². The van der Waals surface area contributed by atoms with Gasteiger partial charge in [-0.25, -0.2) is 9.50 Å². The molecular weight excluding hydrogens is 312 g/mol. The molecule has 0 aliphatic carbocycles. The Morgan fingerprint density at radius 1 is 1.48 bits per heavy atom. The number of nitrogens with one attached hydrogen (secondary N) is 1. The Kier molecular flexibility index (Phi) is 3.80. The van der Waals surface area contributed by atoms with Crippen LogP contribution in [0.1, 0.15) is 39.1 Å². The maximum atomic E-state index is 12.3. The van der Waals surface area contributed by atoms with Gasteiger partial charge in [0, 0.05) is 36.0 Å². The highest BCUT2D eigenvalue weighted by atomic mass is 32.1. The highest BCUT2D eigenvalue weighted by Crippen LogP contribution is 2.33. The minimum absolute atomic E-state index is 0.0745. The van der Waals surface area contributed by atoms with Crippen LogP contribution in [0.3, 0.4) is 0 Å². The van der Waals surface area contributed by atoms with Crippen LogP contribution in [0, 0.1) is 0 Å². The number of rotatable bonds is 4. The van der Waals surface area contributed by atoms with E-state index < -0.39 is 0 Å². The van der Waals surface area contributed by atoms with Crippen molar-refractivity contribution in [2.45, 2.75) is 25.5 Å². The van der Waals surface area contributed by atoms with Crippen LogP contribution in [0.15, 0.2) is 36.8 Å². The summed E-state index contributed by atoms with van der Waals surface area (Å²) in [6.45, 7) is 1.22. The molecule has 23 heavy (non-hydrogen) atoms. The molecule has 6 nitrogen and oxygen atoms in total. The van der Waals surface area contributed by atoms with Gasteiger partial charge >= 0.3 is 0 Å². The van der Waals surface area contributed by atoms with Crippen molar-refractivity contribution in [3.05, 3.63) is 52.1 Å². The molecule has 1 fully saturated rings. The summed E-state index contributed by atoms with van der Waals surface area (Å²) in [5.41, 5.74) is 1.66. The molecule has 0 aromatic carbocycles. The summed E-state index contributed by atoms with van der Waals surface area (Å²) < 4.78 is 7.36. The first-order valence-corrected chi connectivity index (χ1v) is 8.40. The monoisotopic (exact) mass is 328 g/mol. The summed E-state index contributed by atoms with van der Waals surface area (Å²) in [7, 11) is 0. The van der Waals surface area contributed by atoms with Gasteiger partial charge < -0.3 is 10.1 Å². The SMILES string of the molecule is O=C(NCc1cnn2cccnc12)c1ccc([C@@H]2CCCO2)s1. The van der Waals surface area contributed by atoms with Gasteiger partial charge in [-0.05, 0) is 31.0 Å². The van der Waals surface area contributed by atoms with Gasteiger partial charge in [0.25, 0.3) is 5.91 Å². The summed E-state index contributed by atoms with van der Waals surface area (Å²) in [6, 6.07) is 5.68. The van der Waals surface area contributed by atoms with E-state index in [2.05, 4.69) is 15.4 Å². The van der Waals surface area contributed by atoms with Crippen molar-refractivity contribution < 1.29 is 9.53 Å². The topological polar surface area (TPSA) is 68.5 Å². The molecule has 3 aromatic heterocycles. The molecule has 7 heteroatoms. The standard InChI is InChI=1S/C16H16N4O2S/c21-16(14-5-4-13(23-14)12-3-1-8-22-12)18-9-11-10-19-20-7-2-6-17-15(11)20/h2,4-7,10,12H,1,3,8-9H2,(H,18,21)/t12-/m0/s1. The number of fused-ring (bicyclic) bond motifs is 1. The number of hydrogen-bond acceptors (Lipinski definition) is 5. The highest BCUT2D eigenvalue weighted by Gasteiger charge is 2.21. The third-order valence-electron chi connectivity index (χ3n) is 3.89. The smallest absolute Gasteiger partial charge is 0.261 e. The second kappa shape index (κ2) is 6.10. The van der Waals surface area contributed by atoms with Gasteiger partial charge in [0.15, 0.2) is 5.65 Å². The lowest BCUT2D eigenvalue weighted by atomic mass is 10.2. The van der Waals surface area contributed by atoms with Gasteiger partial charge in [0.1, 0.15) is 0 Å². The molecule has 4 heterocycles.